The minimum Gasteiger partial charge on any atom is -0.361 e. The molecule has 1 aromatic carbocycles. The highest BCUT2D eigenvalue weighted by Gasteiger charge is 2.62. The molecule has 0 bridgehead atoms. The third-order valence-electron chi connectivity index (χ3n) is 5.23. The zero-order valence-electron chi connectivity index (χ0n) is 10.3. The van der Waals surface area contributed by atoms with Gasteiger partial charge in [-0.2, -0.15) is 0 Å². The van der Waals surface area contributed by atoms with Gasteiger partial charge in [0.05, 0.1) is 6.10 Å². The van der Waals surface area contributed by atoms with Crippen LogP contribution in [0.5, 0.6) is 0 Å². The number of rotatable bonds is 1. The number of hydrogen-bond acceptors (Lipinski definition) is 1. The van der Waals surface area contributed by atoms with Crippen LogP contribution in [0.2, 0.25) is 0 Å². The Kier molecular flexibility index (Phi) is 2.14. The Hall–Kier alpha value is -0.820. The second-order valence-electron chi connectivity index (χ2n) is 6.11. The Morgan fingerprint density at radius 3 is 2.59 bits per heavy atom. The van der Waals surface area contributed by atoms with E-state index in [0.29, 0.717) is 6.10 Å². The molecule has 0 amide bonds. The molecule has 4 rings (SSSR count). The molecule has 0 N–H and O–H groups in total. The van der Waals surface area contributed by atoms with Gasteiger partial charge in [-0.1, -0.05) is 56.0 Å². The fourth-order valence-corrected chi connectivity index (χ4v) is 4.26. The van der Waals surface area contributed by atoms with Crippen molar-refractivity contribution in [3.05, 3.63) is 35.9 Å². The molecule has 2 saturated carbocycles. The van der Waals surface area contributed by atoms with E-state index in [1.807, 2.05) is 0 Å². The maximum atomic E-state index is 6.14. The lowest BCUT2D eigenvalue weighted by Gasteiger charge is -2.36. The van der Waals surface area contributed by atoms with Gasteiger partial charge in [-0.25, -0.2) is 0 Å². The standard InChI is InChI=1S/C16H20O/c1-2-8-14(9-3-1)16-11-13-7-5-4-6-12(13)10-15(16)17-16/h1-3,8-9,12-13,15H,4-7,10-11H2/t12-,13+,15-,16+/m0/s1. The summed E-state index contributed by atoms with van der Waals surface area (Å²) in [4.78, 5) is 0. The van der Waals surface area contributed by atoms with Crippen molar-refractivity contribution in [1.82, 2.24) is 0 Å². The van der Waals surface area contributed by atoms with Crippen LogP contribution in [0.15, 0.2) is 30.3 Å². The van der Waals surface area contributed by atoms with Gasteiger partial charge >= 0.3 is 0 Å². The molecule has 1 heterocycles. The van der Waals surface area contributed by atoms with Gasteiger partial charge in [0.25, 0.3) is 0 Å². The van der Waals surface area contributed by atoms with Gasteiger partial charge in [0.2, 0.25) is 0 Å². The van der Waals surface area contributed by atoms with Crippen LogP contribution in [0.4, 0.5) is 0 Å². The highest BCUT2D eigenvalue weighted by molar-refractivity contribution is 5.30. The average Bonchev–Trinajstić information content (AvgIpc) is 3.11. The molecule has 1 heteroatoms. The number of ether oxygens (including phenoxy) is 1. The fraction of sp³-hybridized carbons (Fsp3) is 0.625. The van der Waals surface area contributed by atoms with Crippen LogP contribution in [-0.4, -0.2) is 6.10 Å². The van der Waals surface area contributed by atoms with Gasteiger partial charge in [-0.15, -0.1) is 0 Å². The Balaban J connectivity index is 1.62. The van der Waals surface area contributed by atoms with Crippen molar-refractivity contribution in [3.63, 3.8) is 0 Å². The first kappa shape index (κ1) is 10.1. The Morgan fingerprint density at radius 2 is 1.76 bits per heavy atom. The van der Waals surface area contributed by atoms with Gasteiger partial charge < -0.3 is 4.74 Å². The third kappa shape index (κ3) is 1.48. The number of benzene rings is 1. The first-order valence-electron chi connectivity index (χ1n) is 7.12. The van der Waals surface area contributed by atoms with Crippen molar-refractivity contribution in [1.29, 1.82) is 0 Å². The summed E-state index contributed by atoms with van der Waals surface area (Å²) in [5.41, 5.74) is 1.55. The van der Waals surface area contributed by atoms with Crippen LogP contribution < -0.4 is 0 Å². The van der Waals surface area contributed by atoms with Crippen LogP contribution in [0.25, 0.3) is 0 Å². The molecule has 1 nitrogen and oxygen atoms in total. The molecule has 1 aliphatic heterocycles. The number of hydrogen-bond donors (Lipinski definition) is 0. The van der Waals surface area contributed by atoms with Crippen LogP contribution in [0, 0.1) is 11.8 Å². The van der Waals surface area contributed by atoms with Crippen molar-refractivity contribution in [2.45, 2.75) is 50.2 Å². The van der Waals surface area contributed by atoms with Gasteiger partial charge in [0, 0.05) is 0 Å². The molecule has 90 valence electrons. The second-order valence-corrected chi connectivity index (χ2v) is 6.11. The molecule has 1 aromatic rings. The molecule has 3 aliphatic rings. The lowest BCUT2D eigenvalue weighted by molar-refractivity contribution is 0.158. The lowest BCUT2D eigenvalue weighted by atomic mass is 9.66. The van der Waals surface area contributed by atoms with E-state index < -0.39 is 0 Å². The van der Waals surface area contributed by atoms with Crippen molar-refractivity contribution in [3.8, 4) is 0 Å². The SMILES string of the molecule is c1ccc([C@]23C[C@H]4CCCC[C@H]4C[C@@H]2O3)cc1. The minimum absolute atomic E-state index is 0.125. The highest BCUT2D eigenvalue weighted by atomic mass is 16.6. The zero-order chi connectivity index (χ0) is 11.3. The number of epoxide rings is 1. The van der Waals surface area contributed by atoms with E-state index in [4.69, 9.17) is 4.74 Å². The molecule has 0 unspecified atom stereocenters. The first-order valence-corrected chi connectivity index (χ1v) is 7.12. The maximum Gasteiger partial charge on any atom is 0.120 e. The van der Waals surface area contributed by atoms with E-state index in [1.165, 1.54) is 44.1 Å². The summed E-state index contributed by atoms with van der Waals surface area (Å²) in [6, 6.07) is 10.9. The van der Waals surface area contributed by atoms with Crippen LogP contribution in [-0.2, 0) is 10.3 Å². The van der Waals surface area contributed by atoms with Gasteiger partial charge in [0.15, 0.2) is 0 Å². The minimum atomic E-state index is 0.125. The highest BCUT2D eigenvalue weighted by Crippen LogP contribution is 2.60. The molecule has 0 spiro atoms. The summed E-state index contributed by atoms with van der Waals surface area (Å²) >= 11 is 0. The molecule has 17 heavy (non-hydrogen) atoms. The summed E-state index contributed by atoms with van der Waals surface area (Å²) in [7, 11) is 0. The molecule has 2 aliphatic carbocycles. The fourth-order valence-electron chi connectivity index (χ4n) is 4.26. The molecule has 0 aromatic heterocycles. The molecule has 0 radical (unpaired) electrons. The van der Waals surface area contributed by atoms with Crippen molar-refractivity contribution in [2.75, 3.05) is 0 Å². The largest absolute Gasteiger partial charge is 0.361 e. The Morgan fingerprint density at radius 1 is 1.00 bits per heavy atom. The molecular weight excluding hydrogens is 208 g/mol. The Labute approximate surface area is 103 Å². The molecular formula is C16H20O. The van der Waals surface area contributed by atoms with Gasteiger partial charge in [0.1, 0.15) is 5.60 Å². The normalized spacial score (nSPS) is 43.6. The van der Waals surface area contributed by atoms with E-state index in [0.717, 1.165) is 11.8 Å². The summed E-state index contributed by atoms with van der Waals surface area (Å²) in [5.74, 6) is 1.90. The van der Waals surface area contributed by atoms with Crippen LogP contribution in [0.3, 0.4) is 0 Å². The lowest BCUT2D eigenvalue weighted by Crippen LogP contribution is -2.32. The first-order chi connectivity index (χ1) is 8.38. The quantitative estimate of drug-likeness (QED) is 0.664. The summed E-state index contributed by atoms with van der Waals surface area (Å²) in [6.45, 7) is 0. The van der Waals surface area contributed by atoms with Crippen molar-refractivity contribution >= 4 is 0 Å². The molecule has 3 fully saturated rings. The van der Waals surface area contributed by atoms with E-state index in [-0.39, 0.29) is 5.60 Å². The smallest absolute Gasteiger partial charge is 0.120 e. The van der Waals surface area contributed by atoms with E-state index in [9.17, 15) is 0 Å². The van der Waals surface area contributed by atoms with Crippen molar-refractivity contribution in [2.24, 2.45) is 11.8 Å². The van der Waals surface area contributed by atoms with E-state index in [1.54, 1.807) is 0 Å². The maximum absolute atomic E-state index is 6.14. The van der Waals surface area contributed by atoms with Crippen LogP contribution >= 0.6 is 0 Å². The number of fused-ring (bicyclic) bond motifs is 2. The van der Waals surface area contributed by atoms with Gasteiger partial charge in [-0.05, 0) is 30.2 Å². The summed E-state index contributed by atoms with van der Waals surface area (Å²) in [5, 5.41) is 0. The summed E-state index contributed by atoms with van der Waals surface area (Å²) in [6.07, 6.45) is 8.92. The second kappa shape index (κ2) is 3.58. The predicted molar refractivity (Wildman–Crippen MR) is 67.7 cm³/mol. The van der Waals surface area contributed by atoms with Gasteiger partial charge in [-0.3, -0.25) is 0 Å². The van der Waals surface area contributed by atoms with E-state index >= 15 is 0 Å². The van der Waals surface area contributed by atoms with Crippen LogP contribution in [0.1, 0.15) is 44.1 Å². The topological polar surface area (TPSA) is 12.5 Å². The zero-order valence-corrected chi connectivity index (χ0v) is 10.3. The van der Waals surface area contributed by atoms with E-state index in [2.05, 4.69) is 30.3 Å². The summed E-state index contributed by atoms with van der Waals surface area (Å²) < 4.78 is 6.14. The predicted octanol–water partition coefficient (Wildman–Crippen LogP) is 3.88. The molecule has 4 atom stereocenters. The Bertz CT molecular complexity index is 413. The molecule has 1 saturated heterocycles. The van der Waals surface area contributed by atoms with Crippen molar-refractivity contribution < 1.29 is 4.74 Å². The monoisotopic (exact) mass is 228 g/mol. The third-order valence-corrected chi connectivity index (χ3v) is 5.23. The average molecular weight is 228 g/mol.